The molecule has 8 heteroatoms. The molecular weight excluding hydrogens is 296 g/mol. The van der Waals surface area contributed by atoms with Crippen molar-refractivity contribution >= 4 is 21.7 Å². The summed E-state index contributed by atoms with van der Waals surface area (Å²) in [5, 5.41) is 20.6. The summed E-state index contributed by atoms with van der Waals surface area (Å²) >= 11 is 0. The van der Waals surface area contributed by atoms with E-state index in [1.807, 2.05) is 0 Å². The van der Waals surface area contributed by atoms with Crippen molar-refractivity contribution in [3.63, 3.8) is 0 Å². The fourth-order valence-electron chi connectivity index (χ4n) is 1.57. The highest BCUT2D eigenvalue weighted by molar-refractivity contribution is 7.89. The van der Waals surface area contributed by atoms with Gasteiger partial charge < -0.3 is 15.5 Å². The van der Waals surface area contributed by atoms with Gasteiger partial charge in [0.15, 0.2) is 0 Å². The zero-order valence-corrected chi connectivity index (χ0v) is 12.2. The molecule has 1 aromatic rings. The van der Waals surface area contributed by atoms with Crippen LogP contribution in [0.15, 0.2) is 35.7 Å². The van der Waals surface area contributed by atoms with Crippen LogP contribution in [-0.2, 0) is 10.0 Å². The van der Waals surface area contributed by atoms with Crippen molar-refractivity contribution in [3.8, 4) is 0 Å². The lowest BCUT2D eigenvalue weighted by molar-refractivity contribution is 0.0697. The van der Waals surface area contributed by atoms with Crippen LogP contribution in [-0.4, -0.2) is 44.3 Å². The molecule has 0 spiro atoms. The molecule has 0 aromatic heterocycles. The van der Waals surface area contributed by atoms with Crippen LogP contribution in [0, 0.1) is 0 Å². The third kappa shape index (κ3) is 4.85. The lowest BCUT2D eigenvalue weighted by Gasteiger charge is -2.11. The van der Waals surface area contributed by atoms with Crippen molar-refractivity contribution in [3.05, 3.63) is 36.4 Å². The number of carboxylic acids is 1. The largest absolute Gasteiger partial charge is 0.478 e. The van der Waals surface area contributed by atoms with Crippen LogP contribution >= 0.6 is 0 Å². The van der Waals surface area contributed by atoms with Crippen molar-refractivity contribution in [2.24, 2.45) is 0 Å². The maximum atomic E-state index is 12.0. The highest BCUT2D eigenvalue weighted by atomic mass is 32.2. The average Bonchev–Trinajstić information content (AvgIpc) is 2.44. The molecule has 0 saturated heterocycles. The van der Waals surface area contributed by atoms with Crippen molar-refractivity contribution in [2.45, 2.75) is 11.3 Å². The summed E-state index contributed by atoms with van der Waals surface area (Å²) in [6.07, 6.45) is 1.84. The zero-order valence-electron chi connectivity index (χ0n) is 11.4. The van der Waals surface area contributed by atoms with Crippen molar-refractivity contribution in [1.29, 1.82) is 0 Å². The van der Waals surface area contributed by atoms with E-state index in [9.17, 15) is 13.2 Å². The maximum Gasteiger partial charge on any atom is 0.337 e. The number of sulfonamides is 1. The predicted molar refractivity (Wildman–Crippen MR) is 79.0 cm³/mol. The van der Waals surface area contributed by atoms with Crippen molar-refractivity contribution < 1.29 is 23.4 Å². The Hall–Kier alpha value is -1.90. The van der Waals surface area contributed by atoms with Gasteiger partial charge in [0.1, 0.15) is 0 Å². The minimum absolute atomic E-state index is 0.0811. The number of carboxylic acid groups (broad SMARTS) is 1. The first-order valence-electron chi connectivity index (χ1n) is 6.25. The van der Waals surface area contributed by atoms with Gasteiger partial charge in [-0.15, -0.1) is 6.58 Å². The minimum Gasteiger partial charge on any atom is -0.478 e. The van der Waals surface area contributed by atoms with Crippen LogP contribution in [0.5, 0.6) is 0 Å². The fourth-order valence-corrected chi connectivity index (χ4v) is 2.67. The summed E-state index contributed by atoms with van der Waals surface area (Å²) in [4.78, 5) is 11.1. The van der Waals surface area contributed by atoms with Crippen molar-refractivity contribution in [1.82, 2.24) is 4.72 Å². The van der Waals surface area contributed by atoms with E-state index in [-0.39, 0.29) is 30.0 Å². The normalized spacial score (nSPS) is 11.1. The minimum atomic E-state index is -3.80. The molecule has 7 nitrogen and oxygen atoms in total. The lowest BCUT2D eigenvalue weighted by Crippen LogP contribution is -2.25. The Balaban J connectivity index is 3.07. The number of carbonyl (C=O) groups is 1. The van der Waals surface area contributed by atoms with Crippen LogP contribution in [0.3, 0.4) is 0 Å². The number of hydrogen-bond donors (Lipinski definition) is 4. The summed E-state index contributed by atoms with van der Waals surface area (Å²) < 4.78 is 26.3. The molecular formula is C13H18N2O5S. The molecule has 1 rings (SSSR count). The SMILES string of the molecule is C=CCNc1ccc(S(=O)(=O)NCCCO)cc1C(=O)O. The van der Waals surface area contributed by atoms with Crippen LogP contribution in [0.1, 0.15) is 16.8 Å². The molecule has 116 valence electrons. The third-order valence-electron chi connectivity index (χ3n) is 2.60. The molecule has 0 aliphatic rings. The molecule has 0 fully saturated rings. The van der Waals surface area contributed by atoms with Gasteiger partial charge in [0.05, 0.1) is 10.5 Å². The standard InChI is InChI=1S/C13H18N2O5S/c1-2-6-14-12-5-4-10(9-11(12)13(17)18)21(19,20)15-7-3-8-16/h2,4-5,9,14-16H,1,3,6-8H2,(H,17,18). The topological polar surface area (TPSA) is 116 Å². The Bertz CT molecular complexity index is 613. The van der Waals surface area contributed by atoms with Gasteiger partial charge in [0.25, 0.3) is 0 Å². The summed E-state index contributed by atoms with van der Waals surface area (Å²) in [6.45, 7) is 3.82. The number of aliphatic hydroxyl groups is 1. The molecule has 0 radical (unpaired) electrons. The predicted octanol–water partition coefficient (Wildman–Crippen LogP) is 0.643. The quantitative estimate of drug-likeness (QED) is 0.393. The smallest absolute Gasteiger partial charge is 0.337 e. The second kappa shape index (κ2) is 7.77. The number of hydrogen-bond acceptors (Lipinski definition) is 5. The summed E-state index contributed by atoms with van der Waals surface area (Å²) in [5.74, 6) is -1.23. The number of aromatic carboxylic acids is 1. The van der Waals surface area contributed by atoms with Crippen LogP contribution < -0.4 is 10.0 Å². The van der Waals surface area contributed by atoms with Gasteiger partial charge in [-0.3, -0.25) is 0 Å². The number of rotatable bonds is 9. The van der Waals surface area contributed by atoms with E-state index in [1.165, 1.54) is 12.1 Å². The van der Waals surface area contributed by atoms with Gasteiger partial charge in [-0.2, -0.15) is 0 Å². The van der Waals surface area contributed by atoms with E-state index in [1.54, 1.807) is 6.08 Å². The Morgan fingerprint density at radius 1 is 1.38 bits per heavy atom. The van der Waals surface area contributed by atoms with Gasteiger partial charge in [-0.05, 0) is 24.6 Å². The van der Waals surface area contributed by atoms with Crippen LogP contribution in [0.4, 0.5) is 5.69 Å². The maximum absolute atomic E-state index is 12.0. The van der Waals surface area contributed by atoms with E-state index in [4.69, 9.17) is 10.2 Å². The van der Waals surface area contributed by atoms with E-state index in [0.717, 1.165) is 6.07 Å². The highest BCUT2D eigenvalue weighted by Gasteiger charge is 2.18. The summed E-state index contributed by atoms with van der Waals surface area (Å²) in [6, 6.07) is 3.81. The molecule has 21 heavy (non-hydrogen) atoms. The van der Waals surface area contributed by atoms with Gasteiger partial charge in [0, 0.05) is 25.4 Å². The first-order valence-corrected chi connectivity index (χ1v) is 7.73. The molecule has 0 aliphatic carbocycles. The molecule has 0 atom stereocenters. The summed E-state index contributed by atoms with van der Waals surface area (Å²) in [5.41, 5.74) is 0.179. The molecule has 0 heterocycles. The van der Waals surface area contributed by atoms with Crippen molar-refractivity contribution in [2.75, 3.05) is 25.0 Å². The number of aliphatic hydroxyl groups excluding tert-OH is 1. The number of anilines is 1. The molecule has 1 aromatic carbocycles. The zero-order chi connectivity index (χ0) is 15.9. The highest BCUT2D eigenvalue weighted by Crippen LogP contribution is 2.20. The Morgan fingerprint density at radius 3 is 2.67 bits per heavy atom. The number of nitrogens with one attached hydrogen (secondary N) is 2. The second-order valence-electron chi connectivity index (χ2n) is 4.16. The van der Waals surface area contributed by atoms with Crippen LogP contribution in [0.25, 0.3) is 0 Å². The summed E-state index contributed by atoms with van der Waals surface area (Å²) in [7, 11) is -3.80. The van der Waals surface area contributed by atoms with E-state index >= 15 is 0 Å². The van der Waals surface area contributed by atoms with Gasteiger partial charge >= 0.3 is 5.97 Å². The van der Waals surface area contributed by atoms with E-state index in [0.29, 0.717) is 12.2 Å². The molecule has 0 unspecified atom stereocenters. The van der Waals surface area contributed by atoms with Gasteiger partial charge in [0.2, 0.25) is 10.0 Å². The Labute approximate surface area is 123 Å². The Morgan fingerprint density at radius 2 is 2.10 bits per heavy atom. The van der Waals surface area contributed by atoms with Crippen LogP contribution in [0.2, 0.25) is 0 Å². The molecule has 0 saturated carbocycles. The Kier molecular flexibility index (Phi) is 6.35. The molecule has 0 aliphatic heterocycles. The second-order valence-corrected chi connectivity index (χ2v) is 5.92. The van der Waals surface area contributed by atoms with E-state index < -0.39 is 16.0 Å². The first kappa shape index (κ1) is 17.2. The number of benzene rings is 1. The third-order valence-corrected chi connectivity index (χ3v) is 4.05. The first-order chi connectivity index (χ1) is 9.92. The van der Waals surface area contributed by atoms with Gasteiger partial charge in [-0.1, -0.05) is 6.08 Å². The fraction of sp³-hybridized carbons (Fsp3) is 0.308. The molecule has 0 bridgehead atoms. The van der Waals surface area contributed by atoms with E-state index in [2.05, 4.69) is 16.6 Å². The molecule has 0 amide bonds. The monoisotopic (exact) mass is 314 g/mol. The molecule has 4 N–H and O–H groups in total. The van der Waals surface area contributed by atoms with Gasteiger partial charge in [-0.25, -0.2) is 17.9 Å². The lowest BCUT2D eigenvalue weighted by atomic mass is 10.2. The average molecular weight is 314 g/mol.